The van der Waals surface area contributed by atoms with Gasteiger partial charge in [0.2, 0.25) is 0 Å². The van der Waals surface area contributed by atoms with Gasteiger partial charge in [0.05, 0.1) is 24.7 Å². The number of carbonyl (C=O) groups excluding carboxylic acids is 2. The number of esters is 1. The number of hydrogen-bond acceptors (Lipinski definition) is 4. The monoisotopic (exact) mass is 251 g/mol. The van der Waals surface area contributed by atoms with E-state index in [1.807, 2.05) is 6.07 Å². The van der Waals surface area contributed by atoms with E-state index in [2.05, 4.69) is 0 Å². The summed E-state index contributed by atoms with van der Waals surface area (Å²) in [5.74, 6) is -0.420. The van der Waals surface area contributed by atoms with Gasteiger partial charge in [-0.25, -0.2) is 0 Å². The summed E-state index contributed by atoms with van der Waals surface area (Å²) in [7, 11) is 0. The van der Waals surface area contributed by atoms with Gasteiger partial charge in [-0.1, -0.05) is 11.6 Å². The van der Waals surface area contributed by atoms with Crippen molar-refractivity contribution in [3.63, 3.8) is 0 Å². The van der Waals surface area contributed by atoms with Crippen LogP contribution in [0.1, 0.15) is 28.4 Å². The van der Waals surface area contributed by atoms with Crippen molar-refractivity contribution in [1.82, 2.24) is 0 Å². The van der Waals surface area contributed by atoms with Crippen LogP contribution in [0.15, 0.2) is 12.1 Å². The van der Waals surface area contributed by atoms with E-state index in [0.29, 0.717) is 11.8 Å². The van der Waals surface area contributed by atoms with Crippen molar-refractivity contribution < 1.29 is 14.3 Å². The SMILES string of the molecule is CCOC(=O)Cc1cc(C=O)c(C#N)cc1Cl. The van der Waals surface area contributed by atoms with Gasteiger partial charge in [-0.3, -0.25) is 9.59 Å². The van der Waals surface area contributed by atoms with Crippen LogP contribution in [0.5, 0.6) is 0 Å². The van der Waals surface area contributed by atoms with Gasteiger partial charge in [0, 0.05) is 10.6 Å². The first-order valence-corrected chi connectivity index (χ1v) is 5.33. The molecule has 0 bridgehead atoms. The second-order valence-electron chi connectivity index (χ2n) is 3.24. The molecule has 0 atom stereocenters. The van der Waals surface area contributed by atoms with Crippen LogP contribution < -0.4 is 0 Å². The number of halogens is 1. The molecule has 0 spiro atoms. The first kappa shape index (κ1) is 13.2. The highest BCUT2D eigenvalue weighted by molar-refractivity contribution is 6.31. The number of hydrogen-bond donors (Lipinski definition) is 0. The predicted octanol–water partition coefficient (Wildman–Crippen LogP) is 2.13. The zero-order chi connectivity index (χ0) is 12.8. The average molecular weight is 252 g/mol. The molecule has 1 aromatic carbocycles. The maximum absolute atomic E-state index is 11.3. The van der Waals surface area contributed by atoms with Crippen molar-refractivity contribution in [2.45, 2.75) is 13.3 Å². The van der Waals surface area contributed by atoms with Crippen LogP contribution in [-0.2, 0) is 16.0 Å². The smallest absolute Gasteiger partial charge is 0.310 e. The standard InChI is InChI=1S/C12H10ClNO3/c1-2-17-12(16)5-8-3-10(7-15)9(6-14)4-11(8)13/h3-4,7H,2,5H2,1H3. The van der Waals surface area contributed by atoms with Gasteiger partial charge in [-0.05, 0) is 24.6 Å². The summed E-state index contributed by atoms with van der Waals surface area (Å²) in [4.78, 5) is 22.0. The summed E-state index contributed by atoms with van der Waals surface area (Å²) in [6.45, 7) is 1.99. The van der Waals surface area contributed by atoms with Gasteiger partial charge < -0.3 is 4.74 Å². The zero-order valence-electron chi connectivity index (χ0n) is 9.20. The van der Waals surface area contributed by atoms with Crippen molar-refractivity contribution in [1.29, 1.82) is 5.26 Å². The number of benzene rings is 1. The van der Waals surface area contributed by atoms with Crippen LogP contribution in [0.3, 0.4) is 0 Å². The number of aldehydes is 1. The molecule has 0 radical (unpaired) electrons. The topological polar surface area (TPSA) is 67.2 Å². The number of ether oxygens (including phenoxy) is 1. The van der Waals surface area contributed by atoms with Crippen molar-refractivity contribution >= 4 is 23.9 Å². The van der Waals surface area contributed by atoms with E-state index in [0.717, 1.165) is 0 Å². The van der Waals surface area contributed by atoms with Gasteiger partial charge in [0.25, 0.3) is 0 Å². The fraction of sp³-hybridized carbons (Fsp3) is 0.250. The van der Waals surface area contributed by atoms with Crippen LogP contribution in [0.25, 0.3) is 0 Å². The van der Waals surface area contributed by atoms with Gasteiger partial charge in [-0.2, -0.15) is 5.26 Å². The number of carbonyl (C=O) groups is 2. The minimum atomic E-state index is -0.420. The minimum absolute atomic E-state index is 0.0147. The Morgan fingerprint density at radius 2 is 2.29 bits per heavy atom. The molecular formula is C12H10ClNO3. The molecule has 0 amide bonds. The third-order valence-corrected chi connectivity index (χ3v) is 2.46. The molecule has 1 rings (SSSR count). The molecule has 5 heteroatoms. The van der Waals surface area contributed by atoms with Gasteiger partial charge in [-0.15, -0.1) is 0 Å². The lowest BCUT2D eigenvalue weighted by Crippen LogP contribution is -2.08. The Morgan fingerprint density at radius 1 is 1.59 bits per heavy atom. The van der Waals surface area contributed by atoms with E-state index >= 15 is 0 Å². The lowest BCUT2D eigenvalue weighted by atomic mass is 10.0. The molecule has 0 fully saturated rings. The summed E-state index contributed by atoms with van der Waals surface area (Å²) in [6.07, 6.45) is 0.544. The molecule has 4 nitrogen and oxygen atoms in total. The van der Waals surface area contributed by atoms with E-state index in [1.165, 1.54) is 12.1 Å². The molecule has 88 valence electrons. The van der Waals surface area contributed by atoms with Crippen molar-refractivity contribution in [2.24, 2.45) is 0 Å². The first-order chi connectivity index (χ1) is 8.12. The van der Waals surface area contributed by atoms with Crippen molar-refractivity contribution in [2.75, 3.05) is 6.61 Å². The molecule has 0 aliphatic rings. The summed E-state index contributed by atoms with van der Waals surface area (Å²) < 4.78 is 4.78. The van der Waals surface area contributed by atoms with E-state index in [-0.39, 0.29) is 29.2 Å². The predicted molar refractivity (Wildman–Crippen MR) is 61.9 cm³/mol. The lowest BCUT2D eigenvalue weighted by Gasteiger charge is -2.06. The minimum Gasteiger partial charge on any atom is -0.466 e. The average Bonchev–Trinajstić information content (AvgIpc) is 2.31. The Hall–Kier alpha value is -1.86. The molecule has 0 aliphatic heterocycles. The Labute approximate surface area is 104 Å². The summed E-state index contributed by atoms with van der Waals surface area (Å²) >= 11 is 5.91. The number of nitrogens with zero attached hydrogens (tertiary/aromatic N) is 1. The summed E-state index contributed by atoms with van der Waals surface area (Å²) in [5, 5.41) is 9.05. The van der Waals surface area contributed by atoms with E-state index in [1.54, 1.807) is 6.92 Å². The largest absolute Gasteiger partial charge is 0.466 e. The second kappa shape index (κ2) is 6.02. The first-order valence-electron chi connectivity index (χ1n) is 4.95. The number of rotatable bonds is 4. The molecular weight excluding hydrogens is 242 g/mol. The second-order valence-corrected chi connectivity index (χ2v) is 3.65. The van der Waals surface area contributed by atoms with Crippen LogP contribution in [0.4, 0.5) is 0 Å². The molecule has 0 saturated heterocycles. The normalized spacial score (nSPS) is 9.47. The van der Waals surface area contributed by atoms with Crippen LogP contribution in [0, 0.1) is 11.3 Å². The van der Waals surface area contributed by atoms with E-state index in [9.17, 15) is 9.59 Å². The molecule has 0 saturated carbocycles. The fourth-order valence-electron chi connectivity index (χ4n) is 1.33. The molecule has 1 aromatic rings. The maximum Gasteiger partial charge on any atom is 0.310 e. The highest BCUT2D eigenvalue weighted by atomic mass is 35.5. The molecule has 0 aliphatic carbocycles. The van der Waals surface area contributed by atoms with E-state index < -0.39 is 5.97 Å². The molecule has 0 N–H and O–H groups in total. The Morgan fingerprint density at radius 3 is 2.82 bits per heavy atom. The van der Waals surface area contributed by atoms with Crippen LogP contribution in [0.2, 0.25) is 5.02 Å². The van der Waals surface area contributed by atoms with Gasteiger partial charge >= 0.3 is 5.97 Å². The van der Waals surface area contributed by atoms with Gasteiger partial charge in [0.1, 0.15) is 0 Å². The summed E-state index contributed by atoms with van der Waals surface area (Å²) in [6, 6.07) is 4.67. The van der Waals surface area contributed by atoms with E-state index in [4.69, 9.17) is 21.6 Å². The Kier molecular flexibility index (Phi) is 4.68. The Balaban J connectivity index is 3.05. The molecule has 0 aromatic heterocycles. The third kappa shape index (κ3) is 3.30. The van der Waals surface area contributed by atoms with Crippen molar-refractivity contribution in [3.8, 4) is 6.07 Å². The number of nitriles is 1. The Bertz CT molecular complexity index is 491. The zero-order valence-corrected chi connectivity index (χ0v) is 9.95. The van der Waals surface area contributed by atoms with Gasteiger partial charge in [0.15, 0.2) is 6.29 Å². The highest BCUT2D eigenvalue weighted by Gasteiger charge is 2.12. The quantitative estimate of drug-likeness (QED) is 0.607. The molecule has 17 heavy (non-hydrogen) atoms. The molecule has 0 heterocycles. The molecule has 0 unspecified atom stereocenters. The fourth-order valence-corrected chi connectivity index (χ4v) is 1.56. The third-order valence-electron chi connectivity index (χ3n) is 2.11. The highest BCUT2D eigenvalue weighted by Crippen LogP contribution is 2.21. The van der Waals surface area contributed by atoms with Crippen LogP contribution >= 0.6 is 11.6 Å². The van der Waals surface area contributed by atoms with Crippen LogP contribution in [-0.4, -0.2) is 18.9 Å². The lowest BCUT2D eigenvalue weighted by molar-refractivity contribution is -0.142. The van der Waals surface area contributed by atoms with Crippen molar-refractivity contribution in [3.05, 3.63) is 33.8 Å². The summed E-state index contributed by atoms with van der Waals surface area (Å²) in [5.41, 5.74) is 0.889. The maximum atomic E-state index is 11.3.